The maximum absolute atomic E-state index is 12.8. The zero-order chi connectivity index (χ0) is 40.0. The zero-order valence-corrected chi connectivity index (χ0v) is 35.7. The highest BCUT2D eigenvalue weighted by molar-refractivity contribution is 5.69. The Hall–Kier alpha value is -1.07. The maximum Gasteiger partial charge on any atom is 0.306 e. The van der Waals surface area contributed by atoms with Gasteiger partial charge in [0.1, 0.15) is 30.5 Å². The summed E-state index contributed by atoms with van der Waals surface area (Å²) in [5.41, 5.74) is 0. The van der Waals surface area contributed by atoms with Crippen LogP contribution in [-0.4, -0.2) is 89.6 Å². The highest BCUT2D eigenvalue weighted by atomic mass is 16.7. The molecule has 6 unspecified atom stereocenters. The predicted octanol–water partition coefficient (Wildman–Crippen LogP) is 10.4. The van der Waals surface area contributed by atoms with Crippen molar-refractivity contribution in [3.63, 3.8) is 0 Å². The van der Waals surface area contributed by atoms with Crippen LogP contribution in [0.5, 0.6) is 0 Å². The second kappa shape index (κ2) is 38.4. The van der Waals surface area contributed by atoms with Crippen LogP contribution in [-0.2, 0) is 23.7 Å². The van der Waals surface area contributed by atoms with Crippen molar-refractivity contribution in [2.24, 2.45) is 0 Å². The Morgan fingerprint density at radius 2 is 1.00 bits per heavy atom. The number of rotatable bonds is 40. The number of hydrogen-bond donors (Lipinski definition) is 4. The second-order valence-electron chi connectivity index (χ2n) is 16.2. The first-order valence-electron chi connectivity index (χ1n) is 23.3. The number of carbonyl (C=O) groups excluding carboxylic acids is 1. The van der Waals surface area contributed by atoms with Gasteiger partial charge in [0.25, 0.3) is 0 Å². The van der Waals surface area contributed by atoms with Gasteiger partial charge < -0.3 is 39.4 Å². The minimum Gasteiger partial charge on any atom is -0.457 e. The number of aliphatic hydroxyl groups excluding tert-OH is 4. The predicted molar refractivity (Wildman–Crippen MR) is 224 cm³/mol. The van der Waals surface area contributed by atoms with Gasteiger partial charge in [-0.05, 0) is 38.5 Å². The summed E-state index contributed by atoms with van der Waals surface area (Å²) in [7, 11) is 0. The maximum atomic E-state index is 12.8. The molecule has 4 N–H and O–H groups in total. The van der Waals surface area contributed by atoms with E-state index >= 15 is 0 Å². The fraction of sp³-hybridized carbons (Fsp3) is 0.935. The summed E-state index contributed by atoms with van der Waals surface area (Å²) in [4.78, 5) is 12.8. The highest BCUT2D eigenvalue weighted by Gasteiger charge is 2.44. The minimum atomic E-state index is -1.53. The first-order chi connectivity index (χ1) is 26.9. The molecule has 9 heteroatoms. The molecule has 1 aliphatic heterocycles. The van der Waals surface area contributed by atoms with Crippen molar-refractivity contribution in [2.75, 3.05) is 26.4 Å². The quantitative estimate of drug-likeness (QED) is 0.0272. The number of hydrogen-bond acceptors (Lipinski definition) is 9. The lowest BCUT2D eigenvalue weighted by molar-refractivity contribution is -0.305. The van der Waals surface area contributed by atoms with Gasteiger partial charge in [-0.3, -0.25) is 4.79 Å². The van der Waals surface area contributed by atoms with Gasteiger partial charge >= 0.3 is 5.97 Å². The molecule has 6 atom stereocenters. The Kier molecular flexibility index (Phi) is 36.3. The monoisotopic (exact) mass is 785 g/mol. The number of carbonyl (C=O) groups is 1. The fourth-order valence-corrected chi connectivity index (χ4v) is 7.25. The number of allylic oxidation sites excluding steroid dienone is 2. The second-order valence-corrected chi connectivity index (χ2v) is 16.2. The number of esters is 1. The van der Waals surface area contributed by atoms with Crippen LogP contribution in [0.3, 0.4) is 0 Å². The largest absolute Gasteiger partial charge is 0.457 e. The molecule has 0 radical (unpaired) electrons. The molecule has 0 bridgehead atoms. The van der Waals surface area contributed by atoms with Gasteiger partial charge in [0.2, 0.25) is 0 Å². The van der Waals surface area contributed by atoms with Crippen LogP contribution < -0.4 is 0 Å². The van der Waals surface area contributed by atoms with Crippen LogP contribution in [0.25, 0.3) is 0 Å². The van der Waals surface area contributed by atoms with Crippen LogP contribution in [0.4, 0.5) is 0 Å². The van der Waals surface area contributed by atoms with Crippen LogP contribution in [0.15, 0.2) is 12.2 Å². The molecule has 9 nitrogen and oxygen atoms in total. The van der Waals surface area contributed by atoms with E-state index in [1.165, 1.54) is 161 Å². The van der Waals surface area contributed by atoms with Crippen molar-refractivity contribution in [1.29, 1.82) is 0 Å². The summed E-state index contributed by atoms with van der Waals surface area (Å²) in [5, 5.41) is 40.1. The summed E-state index contributed by atoms with van der Waals surface area (Å²) in [6.07, 6.45) is 35.2. The Balaban J connectivity index is 2.24. The van der Waals surface area contributed by atoms with E-state index in [0.717, 1.165) is 32.1 Å². The molecule has 326 valence electrons. The van der Waals surface area contributed by atoms with E-state index in [2.05, 4.69) is 26.0 Å². The zero-order valence-electron chi connectivity index (χ0n) is 35.7. The molecule has 0 aromatic carbocycles. The summed E-state index contributed by atoms with van der Waals surface area (Å²) < 4.78 is 22.8. The third-order valence-corrected chi connectivity index (χ3v) is 10.9. The number of unbranched alkanes of at least 4 members (excludes halogenated alkanes) is 27. The molecule has 0 saturated carbocycles. The Morgan fingerprint density at radius 1 is 0.564 bits per heavy atom. The smallest absolute Gasteiger partial charge is 0.306 e. The molecule has 1 saturated heterocycles. The van der Waals surface area contributed by atoms with E-state index in [1.54, 1.807) is 0 Å². The van der Waals surface area contributed by atoms with E-state index in [9.17, 15) is 25.2 Å². The summed E-state index contributed by atoms with van der Waals surface area (Å²) >= 11 is 0. The summed E-state index contributed by atoms with van der Waals surface area (Å²) in [6.45, 7) is 4.59. The summed E-state index contributed by atoms with van der Waals surface area (Å²) in [6, 6.07) is 0. The van der Waals surface area contributed by atoms with Gasteiger partial charge in [0, 0.05) is 13.0 Å². The van der Waals surface area contributed by atoms with Crippen molar-refractivity contribution < 1.29 is 44.2 Å². The molecule has 1 fully saturated rings. The molecule has 0 spiro atoms. The van der Waals surface area contributed by atoms with Gasteiger partial charge in [0.15, 0.2) is 6.29 Å². The van der Waals surface area contributed by atoms with Gasteiger partial charge in [-0.1, -0.05) is 180 Å². The van der Waals surface area contributed by atoms with Gasteiger partial charge in [-0.2, -0.15) is 0 Å². The van der Waals surface area contributed by atoms with Gasteiger partial charge in [-0.25, -0.2) is 0 Å². The topological polar surface area (TPSA) is 135 Å². The standard InChI is InChI=1S/C46H88O9/c1-3-5-7-9-11-13-15-17-19-20-21-23-25-27-29-31-33-35-42(48)54-40(39-53-46-45(51)44(50)43(49)41(37-47)55-46)38-52-36-34-32-30-28-26-24-22-18-16-14-12-10-8-6-4-2/h17,19,40-41,43-47,49-51H,3-16,18,20-39H2,1-2H3/b19-17-. The molecular weight excluding hydrogens is 696 g/mol. The van der Waals surface area contributed by atoms with Crippen molar-refractivity contribution in [2.45, 2.75) is 250 Å². The lowest BCUT2D eigenvalue weighted by Crippen LogP contribution is -2.59. The van der Waals surface area contributed by atoms with Crippen LogP contribution in [0.1, 0.15) is 213 Å². The van der Waals surface area contributed by atoms with Gasteiger partial charge in [0.05, 0.1) is 19.8 Å². The first kappa shape index (κ1) is 51.9. The number of ether oxygens (including phenoxy) is 4. The molecular formula is C46H88O9. The van der Waals surface area contributed by atoms with Crippen molar-refractivity contribution >= 4 is 5.97 Å². The first-order valence-corrected chi connectivity index (χ1v) is 23.3. The van der Waals surface area contributed by atoms with Crippen LogP contribution in [0, 0.1) is 0 Å². The normalized spacial score (nSPS) is 20.7. The third-order valence-electron chi connectivity index (χ3n) is 10.9. The fourth-order valence-electron chi connectivity index (χ4n) is 7.25. The van der Waals surface area contributed by atoms with Crippen LogP contribution in [0.2, 0.25) is 0 Å². The Labute approximate surface area is 337 Å². The molecule has 1 aliphatic rings. The van der Waals surface area contributed by atoms with E-state index in [0.29, 0.717) is 13.0 Å². The average Bonchev–Trinajstić information content (AvgIpc) is 3.18. The van der Waals surface area contributed by atoms with E-state index in [4.69, 9.17) is 18.9 Å². The van der Waals surface area contributed by atoms with E-state index < -0.39 is 43.4 Å². The Bertz CT molecular complexity index is 853. The molecule has 0 aliphatic carbocycles. The lowest BCUT2D eigenvalue weighted by Gasteiger charge is -2.39. The van der Waals surface area contributed by atoms with Crippen LogP contribution >= 0.6 is 0 Å². The molecule has 55 heavy (non-hydrogen) atoms. The van der Waals surface area contributed by atoms with Crippen molar-refractivity contribution in [3.05, 3.63) is 12.2 Å². The van der Waals surface area contributed by atoms with E-state index in [1.807, 2.05) is 0 Å². The molecule has 0 aromatic rings. The SMILES string of the molecule is CCCCCCCC/C=C\CCCCCCCCCC(=O)OC(COCCCCCCCCCCCCCCCCC)COC1OC(CO)C(O)C(O)C1O. The number of aliphatic hydroxyl groups is 4. The molecule has 0 amide bonds. The lowest BCUT2D eigenvalue weighted by atomic mass is 9.99. The van der Waals surface area contributed by atoms with Gasteiger partial charge in [-0.15, -0.1) is 0 Å². The summed E-state index contributed by atoms with van der Waals surface area (Å²) in [5.74, 6) is -0.314. The molecule has 0 aromatic heterocycles. The highest BCUT2D eigenvalue weighted by Crippen LogP contribution is 2.23. The molecule has 1 rings (SSSR count). The molecule has 1 heterocycles. The third kappa shape index (κ3) is 29.8. The Morgan fingerprint density at radius 3 is 1.47 bits per heavy atom. The van der Waals surface area contributed by atoms with Crippen molar-refractivity contribution in [3.8, 4) is 0 Å². The van der Waals surface area contributed by atoms with Crippen molar-refractivity contribution in [1.82, 2.24) is 0 Å². The average molecular weight is 785 g/mol. The minimum absolute atomic E-state index is 0.110. The van der Waals surface area contributed by atoms with E-state index in [-0.39, 0.29) is 19.2 Å².